The van der Waals surface area contributed by atoms with Crippen LogP contribution in [0.2, 0.25) is 5.02 Å². The van der Waals surface area contributed by atoms with Crippen molar-refractivity contribution < 1.29 is 9.53 Å². The molecule has 0 aliphatic carbocycles. The van der Waals surface area contributed by atoms with Gasteiger partial charge in [0.15, 0.2) is 0 Å². The lowest BCUT2D eigenvalue weighted by Crippen LogP contribution is -2.06. The van der Waals surface area contributed by atoms with Gasteiger partial charge in [-0.2, -0.15) is 0 Å². The molecule has 0 aromatic heterocycles. The number of nitrogen functional groups attached to an aromatic ring is 1. The highest BCUT2D eigenvalue weighted by atomic mass is 35.5. The second-order valence-corrected chi connectivity index (χ2v) is 5.40. The fraction of sp³-hybridized carbons (Fsp3) is 0.235. The Kier molecular flexibility index (Phi) is 5.23. The smallest absolute Gasteiger partial charge is 0.306 e. The van der Waals surface area contributed by atoms with Crippen LogP contribution in [-0.4, -0.2) is 5.97 Å². The number of carbonyl (C=O) groups is 1. The molecule has 4 heteroatoms. The molecule has 2 rings (SSSR count). The molecule has 0 unspecified atom stereocenters. The largest absolute Gasteiger partial charge is 0.461 e. The van der Waals surface area contributed by atoms with E-state index in [1.54, 1.807) is 0 Å². The second kappa shape index (κ2) is 7.14. The van der Waals surface area contributed by atoms with Crippen LogP contribution in [0.15, 0.2) is 42.5 Å². The Morgan fingerprint density at radius 1 is 1.19 bits per heavy atom. The molecule has 110 valence electrons. The average Bonchev–Trinajstić information content (AvgIpc) is 2.46. The maximum absolute atomic E-state index is 11.7. The van der Waals surface area contributed by atoms with E-state index >= 15 is 0 Å². The number of hydrogen-bond acceptors (Lipinski definition) is 3. The van der Waals surface area contributed by atoms with Gasteiger partial charge in [-0.25, -0.2) is 0 Å². The molecule has 0 fully saturated rings. The summed E-state index contributed by atoms with van der Waals surface area (Å²) < 4.78 is 5.25. The third-order valence-corrected chi connectivity index (χ3v) is 3.55. The minimum absolute atomic E-state index is 0.208. The van der Waals surface area contributed by atoms with Crippen molar-refractivity contribution in [2.75, 3.05) is 5.73 Å². The van der Waals surface area contributed by atoms with Gasteiger partial charge in [0, 0.05) is 22.7 Å². The van der Waals surface area contributed by atoms with Gasteiger partial charge in [-0.05, 0) is 42.7 Å². The molecular formula is C17H18ClNO2. The van der Waals surface area contributed by atoms with Crippen LogP contribution in [0.5, 0.6) is 0 Å². The van der Waals surface area contributed by atoms with Crippen LogP contribution < -0.4 is 5.73 Å². The Morgan fingerprint density at radius 2 is 1.90 bits per heavy atom. The Morgan fingerprint density at radius 3 is 2.57 bits per heavy atom. The number of benzene rings is 2. The molecule has 0 heterocycles. The van der Waals surface area contributed by atoms with Gasteiger partial charge in [0.2, 0.25) is 0 Å². The van der Waals surface area contributed by atoms with Crippen LogP contribution in [0.1, 0.15) is 23.1 Å². The van der Waals surface area contributed by atoms with E-state index in [4.69, 9.17) is 22.1 Å². The number of esters is 1. The van der Waals surface area contributed by atoms with E-state index in [2.05, 4.69) is 0 Å². The van der Waals surface area contributed by atoms with Crippen LogP contribution in [0.3, 0.4) is 0 Å². The Bertz CT molecular complexity index is 623. The molecule has 0 saturated carbocycles. The molecule has 0 radical (unpaired) electrons. The van der Waals surface area contributed by atoms with Crippen molar-refractivity contribution in [3.05, 3.63) is 64.2 Å². The summed E-state index contributed by atoms with van der Waals surface area (Å²) in [7, 11) is 0. The van der Waals surface area contributed by atoms with Crippen LogP contribution in [0, 0.1) is 6.92 Å². The summed E-state index contributed by atoms with van der Waals surface area (Å²) in [5.41, 5.74) is 9.30. The summed E-state index contributed by atoms with van der Waals surface area (Å²) in [5, 5.41) is 0.626. The van der Waals surface area contributed by atoms with E-state index in [1.807, 2.05) is 49.4 Å². The van der Waals surface area contributed by atoms with Crippen molar-refractivity contribution in [3.63, 3.8) is 0 Å². The predicted molar refractivity (Wildman–Crippen MR) is 85.2 cm³/mol. The third kappa shape index (κ3) is 4.80. The van der Waals surface area contributed by atoms with Gasteiger partial charge < -0.3 is 10.5 Å². The van der Waals surface area contributed by atoms with E-state index in [0.29, 0.717) is 17.9 Å². The Balaban J connectivity index is 1.80. The molecule has 2 aromatic rings. The van der Waals surface area contributed by atoms with Crippen molar-refractivity contribution in [1.82, 2.24) is 0 Å². The highest BCUT2D eigenvalue weighted by Gasteiger charge is 2.06. The highest BCUT2D eigenvalue weighted by Crippen LogP contribution is 2.18. The molecular weight excluding hydrogens is 286 g/mol. The first-order chi connectivity index (χ1) is 10.0. The van der Waals surface area contributed by atoms with E-state index in [-0.39, 0.29) is 12.6 Å². The molecule has 0 spiro atoms. The van der Waals surface area contributed by atoms with Gasteiger partial charge in [-0.1, -0.05) is 35.9 Å². The van der Waals surface area contributed by atoms with Gasteiger partial charge in [0.05, 0.1) is 0 Å². The monoisotopic (exact) mass is 303 g/mol. The summed E-state index contributed by atoms with van der Waals surface area (Å²) in [6.45, 7) is 2.17. The van der Waals surface area contributed by atoms with Crippen LogP contribution in [0.25, 0.3) is 0 Å². The normalized spacial score (nSPS) is 10.4. The molecule has 0 amide bonds. The minimum atomic E-state index is -0.233. The number of anilines is 1. The zero-order valence-corrected chi connectivity index (χ0v) is 12.7. The lowest BCUT2D eigenvalue weighted by atomic mass is 10.1. The quantitative estimate of drug-likeness (QED) is 0.673. The molecule has 2 aromatic carbocycles. The topological polar surface area (TPSA) is 52.3 Å². The molecule has 3 nitrogen and oxygen atoms in total. The summed E-state index contributed by atoms with van der Waals surface area (Å²) in [6.07, 6.45) is 0.980. The lowest BCUT2D eigenvalue weighted by molar-refractivity contribution is -0.144. The van der Waals surface area contributed by atoms with Crippen LogP contribution in [-0.2, 0) is 22.6 Å². The standard InChI is InChI=1S/C17H18ClNO2/c1-12-2-6-14(16(18)10-12)11-21-17(20)9-5-13-3-7-15(19)8-4-13/h2-4,6-8,10H,5,9,11,19H2,1H3. The van der Waals surface area contributed by atoms with Crippen molar-refractivity contribution in [2.45, 2.75) is 26.4 Å². The maximum Gasteiger partial charge on any atom is 0.306 e. The van der Waals surface area contributed by atoms with Gasteiger partial charge in [0.1, 0.15) is 6.61 Å². The number of nitrogens with two attached hydrogens (primary N) is 1. The van der Waals surface area contributed by atoms with Gasteiger partial charge >= 0.3 is 5.97 Å². The number of aryl methyl sites for hydroxylation is 2. The van der Waals surface area contributed by atoms with Crippen LogP contribution in [0.4, 0.5) is 5.69 Å². The van der Waals surface area contributed by atoms with Gasteiger partial charge in [-0.3, -0.25) is 4.79 Å². The second-order valence-electron chi connectivity index (χ2n) is 5.00. The highest BCUT2D eigenvalue weighted by molar-refractivity contribution is 6.31. The van der Waals surface area contributed by atoms with Gasteiger partial charge in [-0.15, -0.1) is 0 Å². The lowest BCUT2D eigenvalue weighted by Gasteiger charge is -2.07. The van der Waals surface area contributed by atoms with E-state index in [9.17, 15) is 4.79 Å². The van der Waals surface area contributed by atoms with Crippen molar-refractivity contribution >= 4 is 23.3 Å². The number of hydrogen-bond donors (Lipinski definition) is 1. The first kappa shape index (κ1) is 15.4. The summed E-state index contributed by atoms with van der Waals surface area (Å²) in [6, 6.07) is 13.2. The molecule has 0 aliphatic heterocycles. The zero-order valence-electron chi connectivity index (χ0n) is 11.9. The first-order valence-electron chi connectivity index (χ1n) is 6.79. The molecule has 0 aliphatic rings. The molecule has 0 bridgehead atoms. The van der Waals surface area contributed by atoms with E-state index in [0.717, 1.165) is 22.4 Å². The average molecular weight is 304 g/mol. The number of halogens is 1. The predicted octanol–water partition coefficient (Wildman–Crippen LogP) is 3.91. The minimum Gasteiger partial charge on any atom is -0.461 e. The Hall–Kier alpha value is -2.00. The SMILES string of the molecule is Cc1ccc(COC(=O)CCc2ccc(N)cc2)c(Cl)c1. The number of carbonyl (C=O) groups excluding carboxylic acids is 1. The van der Waals surface area contributed by atoms with Crippen molar-refractivity contribution in [2.24, 2.45) is 0 Å². The molecule has 2 N–H and O–H groups in total. The molecule has 21 heavy (non-hydrogen) atoms. The molecule has 0 atom stereocenters. The fourth-order valence-electron chi connectivity index (χ4n) is 1.93. The van der Waals surface area contributed by atoms with Gasteiger partial charge in [0.25, 0.3) is 0 Å². The Labute approximate surface area is 129 Å². The first-order valence-corrected chi connectivity index (χ1v) is 7.17. The summed E-state index contributed by atoms with van der Waals surface area (Å²) >= 11 is 6.10. The van der Waals surface area contributed by atoms with Crippen molar-refractivity contribution in [3.8, 4) is 0 Å². The van der Waals surface area contributed by atoms with E-state index < -0.39 is 0 Å². The van der Waals surface area contributed by atoms with E-state index in [1.165, 1.54) is 0 Å². The third-order valence-electron chi connectivity index (χ3n) is 3.19. The van der Waals surface area contributed by atoms with Crippen LogP contribution >= 0.6 is 11.6 Å². The fourth-order valence-corrected chi connectivity index (χ4v) is 2.22. The maximum atomic E-state index is 11.7. The summed E-state index contributed by atoms with van der Waals surface area (Å²) in [5.74, 6) is -0.233. The van der Waals surface area contributed by atoms with Crippen molar-refractivity contribution in [1.29, 1.82) is 0 Å². The number of ether oxygens (including phenoxy) is 1. The summed E-state index contributed by atoms with van der Waals surface area (Å²) in [4.78, 5) is 11.7. The molecule has 0 saturated heterocycles. The zero-order chi connectivity index (χ0) is 15.2. The number of rotatable bonds is 5.